The standard InChI is InChI=1S/C42H69N3O5.C5H10/c1-8-44-20-22-45(23-21-44)25-39(4,5)43-38(49)42-16-9-10-33(42)28-11-12-35-40(6)18-15-34(50-37(48)30-24-29(26(30)2)36(46)47)27(3)31(40)13-17-41(35,7)32(28)14-19-42;1-5(2)3-4-5/h26-35H,8-25H2,1-7H3,(H,43,49)(H,46,47);3-4H2,1-2H3/t26?,27?,28?,29?,30?,31?,32?,33-,34?,35?,40?,41?,42?;/m1./s1. The van der Waals surface area contributed by atoms with E-state index in [0.29, 0.717) is 53.3 Å². The van der Waals surface area contributed by atoms with Gasteiger partial charge in [-0.2, -0.15) is 0 Å². The number of amides is 1. The van der Waals surface area contributed by atoms with E-state index >= 15 is 0 Å². The zero-order valence-electron chi connectivity index (χ0n) is 36.4. The molecule has 0 aromatic heterocycles. The maximum atomic E-state index is 14.5. The van der Waals surface area contributed by atoms with Crippen molar-refractivity contribution in [2.75, 3.05) is 39.3 Å². The second-order valence-electron chi connectivity index (χ2n) is 22.5. The van der Waals surface area contributed by atoms with Crippen molar-refractivity contribution in [3.05, 3.63) is 0 Å². The van der Waals surface area contributed by atoms with Crippen LogP contribution in [-0.4, -0.2) is 83.7 Å². The first-order chi connectivity index (χ1) is 25.8. The van der Waals surface area contributed by atoms with Crippen molar-refractivity contribution in [3.63, 3.8) is 0 Å². The van der Waals surface area contributed by atoms with Crippen LogP contribution in [0.5, 0.6) is 0 Å². The molecule has 8 heteroatoms. The molecule has 12 unspecified atom stereocenters. The highest BCUT2D eigenvalue weighted by Crippen LogP contribution is 2.72. The molecule has 1 saturated heterocycles. The highest BCUT2D eigenvalue weighted by molar-refractivity contribution is 5.84. The van der Waals surface area contributed by atoms with Crippen molar-refractivity contribution in [2.24, 2.45) is 74.9 Å². The monoisotopic (exact) mass is 766 g/mol. The SMILES string of the molecule is CC1(C)CC1.CCN1CCN(CC(C)(C)NC(=O)C23CCC[C@@H]2C2CCC4C5(C)CCC(OC(=O)C6CC(C(=O)O)C6C)C(C)C5CCC4(C)C2CC3)CC1. The molecule has 0 spiro atoms. The number of fused-ring (bicyclic) bond motifs is 7. The summed E-state index contributed by atoms with van der Waals surface area (Å²) in [7, 11) is 0. The smallest absolute Gasteiger partial charge is 0.309 e. The Bertz CT molecular complexity index is 1430. The molecular formula is C47H79N3O5. The number of nitrogens with zero attached hydrogens (tertiary/aromatic N) is 2. The fourth-order valence-electron chi connectivity index (χ4n) is 14.6. The highest BCUT2D eigenvalue weighted by atomic mass is 16.5. The van der Waals surface area contributed by atoms with Crippen LogP contribution in [0.3, 0.4) is 0 Å². The van der Waals surface area contributed by atoms with E-state index < -0.39 is 11.9 Å². The van der Waals surface area contributed by atoms with Gasteiger partial charge in [0.25, 0.3) is 0 Å². The summed E-state index contributed by atoms with van der Waals surface area (Å²) in [5, 5.41) is 13.1. The molecule has 312 valence electrons. The number of ether oxygens (including phenoxy) is 1. The van der Waals surface area contributed by atoms with Crippen molar-refractivity contribution in [1.29, 1.82) is 0 Å². The number of carboxylic acid groups (broad SMARTS) is 1. The third-order valence-electron chi connectivity index (χ3n) is 18.4. The van der Waals surface area contributed by atoms with Crippen LogP contribution in [0.4, 0.5) is 0 Å². The topological polar surface area (TPSA) is 99.2 Å². The van der Waals surface area contributed by atoms with Crippen LogP contribution in [0.25, 0.3) is 0 Å². The molecule has 7 saturated carbocycles. The Morgan fingerprint density at radius 1 is 0.745 bits per heavy atom. The molecular weight excluding hydrogens is 687 g/mol. The minimum Gasteiger partial charge on any atom is -0.481 e. The molecule has 0 aromatic rings. The number of nitrogens with one attached hydrogen (secondary N) is 1. The van der Waals surface area contributed by atoms with Crippen LogP contribution in [0.15, 0.2) is 0 Å². The number of carbonyl (C=O) groups excluding carboxylic acids is 2. The highest BCUT2D eigenvalue weighted by Gasteiger charge is 2.66. The van der Waals surface area contributed by atoms with Gasteiger partial charge in [-0.1, -0.05) is 54.9 Å². The Balaban J connectivity index is 0.000000862. The van der Waals surface area contributed by atoms with Gasteiger partial charge < -0.3 is 20.1 Å². The summed E-state index contributed by atoms with van der Waals surface area (Å²) in [6.45, 7) is 27.2. The summed E-state index contributed by atoms with van der Waals surface area (Å²) in [5.41, 5.74) is 0.868. The third-order valence-corrected chi connectivity index (χ3v) is 18.4. The maximum Gasteiger partial charge on any atom is 0.309 e. The van der Waals surface area contributed by atoms with Gasteiger partial charge >= 0.3 is 11.9 Å². The average molecular weight is 766 g/mol. The van der Waals surface area contributed by atoms with E-state index in [-0.39, 0.29) is 40.3 Å². The van der Waals surface area contributed by atoms with Crippen molar-refractivity contribution in [3.8, 4) is 0 Å². The van der Waals surface area contributed by atoms with E-state index in [1.165, 1.54) is 57.8 Å². The van der Waals surface area contributed by atoms with Crippen LogP contribution in [-0.2, 0) is 19.1 Å². The normalized spacial score (nSPS) is 44.9. The maximum absolute atomic E-state index is 14.5. The number of carbonyl (C=O) groups is 3. The molecule has 8 rings (SSSR count). The van der Waals surface area contributed by atoms with E-state index in [0.717, 1.165) is 70.4 Å². The molecule has 1 aliphatic heterocycles. The number of rotatable bonds is 8. The van der Waals surface area contributed by atoms with Crippen molar-refractivity contribution in [1.82, 2.24) is 15.1 Å². The average Bonchev–Trinajstić information content (AvgIpc) is 3.62. The molecule has 13 atom stereocenters. The van der Waals surface area contributed by atoms with E-state index in [1.54, 1.807) is 0 Å². The minimum atomic E-state index is -0.792. The molecule has 8 fully saturated rings. The predicted octanol–water partition coefficient (Wildman–Crippen LogP) is 8.67. The Hall–Kier alpha value is -1.67. The van der Waals surface area contributed by atoms with Crippen LogP contribution in [0.2, 0.25) is 0 Å². The van der Waals surface area contributed by atoms with Crippen molar-refractivity contribution >= 4 is 17.8 Å². The minimum absolute atomic E-state index is 0.0603. The van der Waals surface area contributed by atoms with Gasteiger partial charge in [0.2, 0.25) is 5.91 Å². The van der Waals surface area contributed by atoms with Gasteiger partial charge in [0.1, 0.15) is 6.10 Å². The van der Waals surface area contributed by atoms with Gasteiger partial charge in [-0.25, -0.2) is 0 Å². The lowest BCUT2D eigenvalue weighted by atomic mass is 9.37. The molecule has 55 heavy (non-hydrogen) atoms. The molecule has 1 amide bonds. The second-order valence-corrected chi connectivity index (χ2v) is 22.5. The number of aliphatic carboxylic acids is 1. The molecule has 0 aromatic carbocycles. The van der Waals surface area contributed by atoms with E-state index in [9.17, 15) is 19.5 Å². The van der Waals surface area contributed by atoms with E-state index in [4.69, 9.17) is 4.74 Å². The Kier molecular flexibility index (Phi) is 11.4. The summed E-state index contributed by atoms with van der Waals surface area (Å²) in [4.78, 5) is 44.3. The summed E-state index contributed by atoms with van der Waals surface area (Å²) in [6, 6.07) is 0. The van der Waals surface area contributed by atoms with Gasteiger partial charge in [0, 0.05) is 38.3 Å². The van der Waals surface area contributed by atoms with Gasteiger partial charge in [-0.3, -0.25) is 19.3 Å². The molecule has 2 N–H and O–H groups in total. The molecule has 7 aliphatic carbocycles. The molecule has 8 nitrogen and oxygen atoms in total. The number of piperazine rings is 1. The molecule has 0 radical (unpaired) electrons. The summed E-state index contributed by atoms with van der Waals surface area (Å²) in [5.74, 6) is 1.95. The first kappa shape index (κ1) is 41.5. The Morgan fingerprint density at radius 2 is 1.36 bits per heavy atom. The quantitative estimate of drug-likeness (QED) is 0.239. The van der Waals surface area contributed by atoms with Crippen LogP contribution in [0.1, 0.15) is 152 Å². The molecule has 1 heterocycles. The second kappa shape index (κ2) is 15.2. The van der Waals surface area contributed by atoms with Gasteiger partial charge in [0.15, 0.2) is 0 Å². The fourth-order valence-corrected chi connectivity index (χ4v) is 14.6. The molecule has 0 bridgehead atoms. The van der Waals surface area contributed by atoms with Gasteiger partial charge in [-0.05, 0) is 162 Å². The van der Waals surface area contributed by atoms with Gasteiger partial charge in [-0.15, -0.1) is 0 Å². The van der Waals surface area contributed by atoms with E-state index in [1.807, 2.05) is 6.92 Å². The lowest BCUT2D eigenvalue weighted by Crippen LogP contribution is -2.63. The zero-order chi connectivity index (χ0) is 39.7. The third kappa shape index (κ3) is 7.69. The largest absolute Gasteiger partial charge is 0.481 e. The Morgan fingerprint density at radius 3 is 1.98 bits per heavy atom. The van der Waals surface area contributed by atoms with Crippen molar-refractivity contribution < 1.29 is 24.2 Å². The number of esters is 1. The fraction of sp³-hybridized carbons (Fsp3) is 0.936. The summed E-state index contributed by atoms with van der Waals surface area (Å²) >= 11 is 0. The predicted molar refractivity (Wildman–Crippen MR) is 218 cm³/mol. The van der Waals surface area contributed by atoms with Gasteiger partial charge in [0.05, 0.1) is 17.3 Å². The van der Waals surface area contributed by atoms with E-state index in [2.05, 4.69) is 70.5 Å². The number of carboxylic acids is 1. The molecule has 8 aliphatic rings. The summed E-state index contributed by atoms with van der Waals surface area (Å²) in [6.07, 6.45) is 15.9. The first-order valence-corrected chi connectivity index (χ1v) is 23.0. The lowest BCUT2D eigenvalue weighted by molar-refractivity contribution is -0.205. The zero-order valence-corrected chi connectivity index (χ0v) is 36.4. The first-order valence-electron chi connectivity index (χ1n) is 23.0. The van der Waals surface area contributed by atoms with Crippen LogP contribution in [0, 0.1) is 74.9 Å². The number of likely N-dealkylation sites (N-methyl/N-ethyl adjacent to an activating group) is 1. The number of hydrogen-bond acceptors (Lipinski definition) is 6. The van der Waals surface area contributed by atoms with Crippen LogP contribution < -0.4 is 5.32 Å². The number of hydrogen-bond donors (Lipinski definition) is 2. The Labute approximate surface area is 334 Å². The van der Waals surface area contributed by atoms with Crippen LogP contribution >= 0.6 is 0 Å². The summed E-state index contributed by atoms with van der Waals surface area (Å²) < 4.78 is 6.24. The van der Waals surface area contributed by atoms with Crippen molar-refractivity contribution in [2.45, 2.75) is 164 Å². The lowest BCUT2D eigenvalue weighted by Gasteiger charge is -2.67.